The summed E-state index contributed by atoms with van der Waals surface area (Å²) in [6, 6.07) is -0.953. The Hall–Kier alpha value is -3.09. The second kappa shape index (κ2) is 48.6. The Kier molecular flexibility index (Phi) is 44.3. The quantitative estimate of drug-likeness (QED) is 0.0204. The van der Waals surface area contributed by atoms with Gasteiger partial charge in [0, 0.05) is 6.42 Å². The van der Waals surface area contributed by atoms with Crippen LogP contribution in [0.3, 0.4) is 0 Å². The van der Waals surface area contributed by atoms with Crippen LogP contribution in [0.5, 0.6) is 0 Å². The molecule has 2 rings (SSSR count). The Balaban J connectivity index is 1.80. The van der Waals surface area contributed by atoms with Gasteiger partial charge < -0.3 is 65.1 Å². The third-order valence-corrected chi connectivity index (χ3v) is 14.3. The highest BCUT2D eigenvalue weighted by Crippen LogP contribution is 2.30. The second-order valence-corrected chi connectivity index (χ2v) is 21.1. The highest BCUT2D eigenvalue weighted by Gasteiger charge is 2.51. The van der Waals surface area contributed by atoms with Gasteiger partial charge in [-0.15, -0.1) is 0 Å². The second-order valence-electron chi connectivity index (χ2n) is 21.1. The Morgan fingerprint density at radius 1 is 0.474 bits per heavy atom. The molecule has 1 amide bonds. The molecule has 14 nitrogen and oxygen atoms in total. The van der Waals surface area contributed by atoms with E-state index in [1.807, 2.05) is 12.2 Å². The van der Waals surface area contributed by atoms with E-state index in [0.717, 1.165) is 70.6 Å². The zero-order valence-corrected chi connectivity index (χ0v) is 48.1. The summed E-state index contributed by atoms with van der Waals surface area (Å²) >= 11 is 0. The summed E-state index contributed by atoms with van der Waals surface area (Å²) < 4.78 is 22.8. The number of carbonyl (C=O) groups is 1. The monoisotopic (exact) mass is 1100 g/mol. The van der Waals surface area contributed by atoms with Crippen molar-refractivity contribution >= 4 is 5.91 Å². The summed E-state index contributed by atoms with van der Waals surface area (Å²) in [5.74, 6) is -0.299. The van der Waals surface area contributed by atoms with Crippen LogP contribution in [0.25, 0.3) is 0 Å². The van der Waals surface area contributed by atoms with Crippen LogP contribution in [0.1, 0.15) is 206 Å². The van der Waals surface area contributed by atoms with E-state index in [1.54, 1.807) is 6.08 Å². The number of rotatable bonds is 47. The Labute approximate surface area is 471 Å². The van der Waals surface area contributed by atoms with E-state index in [2.05, 4.69) is 98.2 Å². The molecule has 0 spiro atoms. The summed E-state index contributed by atoms with van der Waals surface area (Å²) in [6.07, 6.45) is 50.2. The van der Waals surface area contributed by atoms with Crippen molar-refractivity contribution in [1.82, 2.24) is 5.32 Å². The number of hydrogen-bond donors (Lipinski definition) is 9. The van der Waals surface area contributed by atoms with Gasteiger partial charge in [-0.2, -0.15) is 0 Å². The van der Waals surface area contributed by atoms with Crippen molar-refractivity contribution in [3.8, 4) is 0 Å². The molecular weight excluding hydrogens is 991 g/mol. The first-order chi connectivity index (χ1) is 38.1. The van der Waals surface area contributed by atoms with Crippen LogP contribution in [-0.2, 0) is 23.7 Å². The Morgan fingerprint density at radius 3 is 1.35 bits per heavy atom. The molecule has 2 fully saturated rings. The molecule has 448 valence electrons. The molecule has 0 radical (unpaired) electrons. The zero-order chi connectivity index (χ0) is 56.7. The molecule has 2 heterocycles. The van der Waals surface area contributed by atoms with E-state index in [9.17, 15) is 45.6 Å². The summed E-state index contributed by atoms with van der Waals surface area (Å²) in [7, 11) is 0. The number of carbonyl (C=O) groups excluding carboxylic acids is 1. The van der Waals surface area contributed by atoms with Gasteiger partial charge in [-0.05, 0) is 70.6 Å². The van der Waals surface area contributed by atoms with Gasteiger partial charge in [-0.25, -0.2) is 0 Å². The minimum Gasteiger partial charge on any atom is -0.394 e. The highest BCUT2D eigenvalue weighted by atomic mass is 16.7. The maximum Gasteiger partial charge on any atom is 0.220 e. The smallest absolute Gasteiger partial charge is 0.220 e. The SMILES string of the molecule is CC/C=C\C/C=C\C/C=C\C/C=C\C/C=C\C/C=C\C/C=C\CCCC(=O)NC(COC1OC(CO)C(OC2OC(CO)C(O)C(O)C2O)C(O)C1O)C(O)/C=C/CCCCCCCCCCCCCCCCCCCCC. The van der Waals surface area contributed by atoms with Crippen LogP contribution >= 0.6 is 0 Å². The third-order valence-electron chi connectivity index (χ3n) is 14.3. The number of allylic oxidation sites excluding steroid dienone is 15. The van der Waals surface area contributed by atoms with Gasteiger partial charge in [-0.3, -0.25) is 4.79 Å². The molecule has 12 atom stereocenters. The van der Waals surface area contributed by atoms with Gasteiger partial charge in [0.15, 0.2) is 12.6 Å². The van der Waals surface area contributed by atoms with Crippen molar-refractivity contribution in [1.29, 1.82) is 0 Å². The van der Waals surface area contributed by atoms with Crippen molar-refractivity contribution in [3.63, 3.8) is 0 Å². The van der Waals surface area contributed by atoms with E-state index < -0.39 is 86.8 Å². The average molecular weight is 1100 g/mol. The number of amides is 1. The normalized spacial score (nSPS) is 25.3. The van der Waals surface area contributed by atoms with Crippen LogP contribution in [0, 0.1) is 0 Å². The minimum absolute atomic E-state index is 0.196. The van der Waals surface area contributed by atoms with Crippen molar-refractivity contribution < 1.29 is 64.6 Å². The predicted octanol–water partition coefficient (Wildman–Crippen LogP) is 10.7. The van der Waals surface area contributed by atoms with Crippen LogP contribution in [0.15, 0.2) is 97.2 Å². The van der Waals surface area contributed by atoms with Crippen molar-refractivity contribution in [2.24, 2.45) is 0 Å². The number of aliphatic hydroxyl groups excluding tert-OH is 8. The lowest BCUT2D eigenvalue weighted by Crippen LogP contribution is -2.65. The fourth-order valence-electron chi connectivity index (χ4n) is 9.40. The fourth-order valence-corrected chi connectivity index (χ4v) is 9.40. The zero-order valence-electron chi connectivity index (χ0n) is 48.1. The lowest BCUT2D eigenvalue weighted by atomic mass is 9.97. The molecule has 14 heteroatoms. The molecule has 0 aliphatic carbocycles. The summed E-state index contributed by atoms with van der Waals surface area (Å²) in [5.41, 5.74) is 0. The standard InChI is InChI=1S/C64H109NO13/c1-3-5-7-9-11-13-15-17-19-21-23-25-26-28-30-32-34-36-38-40-42-44-46-48-56(69)65-52(53(68)47-45-43-41-39-37-35-33-31-29-27-24-22-20-18-16-14-12-10-8-6-4-2)51-75-63-61(74)59(72)62(55(50-67)77-63)78-64-60(73)58(71)57(70)54(49-66)76-64/h5,7,11,13,17,19,23,25,28,30,34,36,40,42,45,47,52-55,57-64,66-68,70-74H,3-4,6,8-10,12,14-16,18,20-22,24,26-27,29,31-33,35,37-39,41,43-44,46,48-51H2,1-2H3,(H,65,69)/b7-5-,13-11-,19-17-,25-23-,30-28-,36-34-,42-40-,47-45+. The molecule has 2 aliphatic rings. The first-order valence-corrected chi connectivity index (χ1v) is 30.5. The van der Waals surface area contributed by atoms with Crippen molar-refractivity contribution in [2.75, 3.05) is 19.8 Å². The van der Waals surface area contributed by atoms with Crippen LogP contribution in [0.2, 0.25) is 0 Å². The molecule has 9 N–H and O–H groups in total. The molecule has 0 aromatic carbocycles. The van der Waals surface area contributed by atoms with E-state index in [0.29, 0.717) is 12.8 Å². The number of aliphatic hydroxyl groups is 8. The molecule has 12 unspecified atom stereocenters. The largest absolute Gasteiger partial charge is 0.394 e. The first kappa shape index (κ1) is 71.0. The van der Waals surface area contributed by atoms with E-state index in [1.165, 1.54) is 103 Å². The van der Waals surface area contributed by atoms with Gasteiger partial charge in [0.05, 0.1) is 32.0 Å². The summed E-state index contributed by atoms with van der Waals surface area (Å²) in [6.45, 7) is 2.64. The average Bonchev–Trinajstić information content (AvgIpc) is 3.48. The first-order valence-electron chi connectivity index (χ1n) is 30.5. The fraction of sp³-hybridized carbons (Fsp3) is 0.734. The number of hydrogen-bond acceptors (Lipinski definition) is 13. The van der Waals surface area contributed by atoms with Gasteiger partial charge in [0.2, 0.25) is 5.91 Å². The molecule has 2 aliphatic heterocycles. The van der Waals surface area contributed by atoms with Crippen molar-refractivity contribution in [3.05, 3.63) is 97.2 Å². The van der Waals surface area contributed by atoms with Crippen molar-refractivity contribution in [2.45, 2.75) is 280 Å². The van der Waals surface area contributed by atoms with Crippen LogP contribution in [0.4, 0.5) is 0 Å². The Morgan fingerprint density at radius 2 is 0.885 bits per heavy atom. The maximum absolute atomic E-state index is 13.2. The van der Waals surface area contributed by atoms with E-state index in [-0.39, 0.29) is 18.9 Å². The predicted molar refractivity (Wildman–Crippen MR) is 313 cm³/mol. The molecule has 2 saturated heterocycles. The van der Waals surface area contributed by atoms with Gasteiger partial charge >= 0.3 is 0 Å². The molecule has 0 aromatic rings. The van der Waals surface area contributed by atoms with Gasteiger partial charge in [0.25, 0.3) is 0 Å². The van der Waals surface area contributed by atoms with Gasteiger partial charge in [0.1, 0.15) is 48.8 Å². The molecule has 78 heavy (non-hydrogen) atoms. The maximum atomic E-state index is 13.2. The van der Waals surface area contributed by atoms with E-state index >= 15 is 0 Å². The number of ether oxygens (including phenoxy) is 4. The summed E-state index contributed by atoms with van der Waals surface area (Å²) in [4.78, 5) is 13.2. The summed E-state index contributed by atoms with van der Waals surface area (Å²) in [5, 5.41) is 87.1. The molecule has 0 bridgehead atoms. The van der Waals surface area contributed by atoms with Gasteiger partial charge in [-0.1, -0.05) is 227 Å². The number of unbranched alkanes of at least 4 members (excludes halogenated alkanes) is 20. The lowest BCUT2D eigenvalue weighted by molar-refractivity contribution is -0.359. The number of nitrogens with one attached hydrogen (secondary N) is 1. The molecule has 0 saturated carbocycles. The molecule has 0 aromatic heterocycles. The van der Waals surface area contributed by atoms with E-state index in [4.69, 9.17) is 18.9 Å². The van der Waals surface area contributed by atoms with Crippen LogP contribution in [-0.4, -0.2) is 140 Å². The van der Waals surface area contributed by atoms with Crippen LogP contribution < -0.4 is 5.32 Å². The highest BCUT2D eigenvalue weighted by molar-refractivity contribution is 5.76. The lowest BCUT2D eigenvalue weighted by Gasteiger charge is -2.46. The molecular formula is C64H109NO13. The third kappa shape index (κ3) is 33.6. The minimum atomic E-state index is -1.80. The topological polar surface area (TPSA) is 228 Å². The Bertz CT molecular complexity index is 1680.